The number of esters is 1. The van der Waals surface area contributed by atoms with Gasteiger partial charge in [0, 0.05) is 12.7 Å². The fourth-order valence-corrected chi connectivity index (χ4v) is 2.72. The van der Waals surface area contributed by atoms with Crippen molar-refractivity contribution in [3.05, 3.63) is 29.0 Å². The summed E-state index contributed by atoms with van der Waals surface area (Å²) in [5.74, 6) is -0.561. The SMILES string of the molecule is CCOC(=O)C1(C)CCCCN1C(=O)c1ccc(Cl)nc1. The lowest BCUT2D eigenvalue weighted by Crippen LogP contribution is -2.58. The van der Waals surface area contributed by atoms with Crippen LogP contribution in [0, 0.1) is 0 Å². The lowest BCUT2D eigenvalue weighted by atomic mass is 9.87. The van der Waals surface area contributed by atoms with Crippen LogP contribution in [0.3, 0.4) is 0 Å². The number of hydrogen-bond acceptors (Lipinski definition) is 4. The summed E-state index contributed by atoms with van der Waals surface area (Å²) in [5.41, 5.74) is -0.484. The van der Waals surface area contributed by atoms with Crippen LogP contribution in [0.2, 0.25) is 5.15 Å². The summed E-state index contributed by atoms with van der Waals surface area (Å²) in [7, 11) is 0. The molecule has 1 aliphatic rings. The van der Waals surface area contributed by atoms with E-state index < -0.39 is 5.54 Å². The molecular formula is C15H19ClN2O3. The molecule has 1 aromatic rings. The van der Waals surface area contributed by atoms with Gasteiger partial charge in [0.05, 0.1) is 12.2 Å². The minimum atomic E-state index is -0.912. The highest BCUT2D eigenvalue weighted by molar-refractivity contribution is 6.29. The van der Waals surface area contributed by atoms with Crippen molar-refractivity contribution >= 4 is 23.5 Å². The van der Waals surface area contributed by atoms with Crippen LogP contribution in [0.1, 0.15) is 43.5 Å². The molecule has 0 aliphatic carbocycles. The average Bonchev–Trinajstić information content (AvgIpc) is 2.48. The topological polar surface area (TPSA) is 59.5 Å². The van der Waals surface area contributed by atoms with Gasteiger partial charge in [-0.15, -0.1) is 0 Å². The van der Waals surface area contributed by atoms with E-state index in [1.54, 1.807) is 30.9 Å². The molecule has 1 fully saturated rings. The Bertz CT molecular complexity index is 532. The third kappa shape index (κ3) is 3.18. The van der Waals surface area contributed by atoms with Gasteiger partial charge in [-0.2, -0.15) is 0 Å². The number of rotatable bonds is 3. The highest BCUT2D eigenvalue weighted by atomic mass is 35.5. The second-order valence-electron chi connectivity index (χ2n) is 5.28. The van der Waals surface area contributed by atoms with Crippen molar-refractivity contribution in [3.63, 3.8) is 0 Å². The molecule has 1 saturated heterocycles. The fraction of sp³-hybridized carbons (Fsp3) is 0.533. The van der Waals surface area contributed by atoms with Gasteiger partial charge in [-0.25, -0.2) is 9.78 Å². The van der Waals surface area contributed by atoms with E-state index in [9.17, 15) is 9.59 Å². The summed E-state index contributed by atoms with van der Waals surface area (Å²) < 4.78 is 5.15. The van der Waals surface area contributed by atoms with Crippen LogP contribution >= 0.6 is 11.6 Å². The molecule has 0 radical (unpaired) electrons. The van der Waals surface area contributed by atoms with Gasteiger partial charge in [0.25, 0.3) is 5.91 Å². The minimum absolute atomic E-state index is 0.214. The van der Waals surface area contributed by atoms with Gasteiger partial charge in [0.2, 0.25) is 0 Å². The van der Waals surface area contributed by atoms with Crippen LogP contribution < -0.4 is 0 Å². The Morgan fingerprint density at radius 3 is 2.81 bits per heavy atom. The van der Waals surface area contributed by atoms with E-state index in [1.807, 2.05) is 0 Å². The highest BCUT2D eigenvalue weighted by Gasteiger charge is 2.45. The molecule has 2 heterocycles. The van der Waals surface area contributed by atoms with Gasteiger partial charge in [-0.3, -0.25) is 4.79 Å². The Morgan fingerprint density at radius 2 is 2.19 bits per heavy atom. The van der Waals surface area contributed by atoms with Gasteiger partial charge < -0.3 is 9.64 Å². The molecule has 21 heavy (non-hydrogen) atoms. The van der Waals surface area contributed by atoms with E-state index in [0.29, 0.717) is 30.3 Å². The van der Waals surface area contributed by atoms with Gasteiger partial charge in [0.15, 0.2) is 0 Å². The largest absolute Gasteiger partial charge is 0.464 e. The zero-order valence-corrected chi connectivity index (χ0v) is 13.0. The standard InChI is InChI=1S/C15H19ClN2O3/c1-3-21-14(20)15(2)8-4-5-9-18(15)13(19)11-6-7-12(16)17-10-11/h6-7,10H,3-5,8-9H2,1-2H3. The molecule has 1 aliphatic heterocycles. The van der Waals surface area contributed by atoms with E-state index in [0.717, 1.165) is 12.8 Å². The third-order valence-electron chi connectivity index (χ3n) is 3.83. The Morgan fingerprint density at radius 1 is 1.43 bits per heavy atom. The van der Waals surface area contributed by atoms with Crippen molar-refractivity contribution in [2.75, 3.05) is 13.2 Å². The van der Waals surface area contributed by atoms with E-state index in [-0.39, 0.29) is 11.9 Å². The first-order chi connectivity index (χ1) is 9.99. The molecular weight excluding hydrogens is 292 g/mol. The number of pyridine rings is 1. The molecule has 0 saturated carbocycles. The van der Waals surface area contributed by atoms with Gasteiger partial charge in [-0.05, 0) is 45.2 Å². The van der Waals surface area contributed by atoms with Crippen LogP contribution in [-0.4, -0.2) is 40.5 Å². The Labute approximate surface area is 129 Å². The first kappa shape index (κ1) is 15.8. The predicted octanol–water partition coefficient (Wildman–Crippen LogP) is 2.68. The van der Waals surface area contributed by atoms with Gasteiger partial charge >= 0.3 is 5.97 Å². The normalized spacial score (nSPS) is 22.0. The highest BCUT2D eigenvalue weighted by Crippen LogP contribution is 2.30. The molecule has 1 atom stereocenters. The molecule has 0 aromatic carbocycles. The first-order valence-electron chi connectivity index (χ1n) is 7.10. The number of halogens is 1. The number of amides is 1. The zero-order chi connectivity index (χ0) is 15.5. The molecule has 1 unspecified atom stereocenters. The predicted molar refractivity (Wildman–Crippen MR) is 79.2 cm³/mol. The number of likely N-dealkylation sites (tertiary alicyclic amines) is 1. The van der Waals surface area contributed by atoms with Crippen LogP contribution in [0.15, 0.2) is 18.3 Å². The molecule has 0 N–H and O–H groups in total. The molecule has 1 aromatic heterocycles. The van der Waals surface area contributed by atoms with Crippen LogP contribution in [0.4, 0.5) is 0 Å². The number of hydrogen-bond donors (Lipinski definition) is 0. The van der Waals surface area contributed by atoms with Crippen molar-refractivity contribution in [2.24, 2.45) is 0 Å². The fourth-order valence-electron chi connectivity index (χ4n) is 2.60. The number of carbonyl (C=O) groups is 2. The second-order valence-corrected chi connectivity index (χ2v) is 5.67. The van der Waals surface area contributed by atoms with Crippen LogP contribution in [0.25, 0.3) is 0 Å². The minimum Gasteiger partial charge on any atom is -0.464 e. The third-order valence-corrected chi connectivity index (χ3v) is 4.05. The van der Waals surface area contributed by atoms with E-state index in [1.165, 1.54) is 6.20 Å². The summed E-state index contributed by atoms with van der Waals surface area (Å²) in [4.78, 5) is 30.5. The summed E-state index contributed by atoms with van der Waals surface area (Å²) in [6, 6.07) is 3.19. The van der Waals surface area contributed by atoms with Crippen molar-refractivity contribution in [2.45, 2.75) is 38.6 Å². The van der Waals surface area contributed by atoms with E-state index in [4.69, 9.17) is 16.3 Å². The van der Waals surface area contributed by atoms with Crippen LogP contribution in [0.5, 0.6) is 0 Å². The molecule has 5 nitrogen and oxygen atoms in total. The maximum Gasteiger partial charge on any atom is 0.331 e. The molecule has 6 heteroatoms. The summed E-state index contributed by atoms with van der Waals surface area (Å²) in [5, 5.41) is 0.332. The summed E-state index contributed by atoms with van der Waals surface area (Å²) in [6.07, 6.45) is 3.82. The molecule has 114 valence electrons. The first-order valence-corrected chi connectivity index (χ1v) is 7.47. The smallest absolute Gasteiger partial charge is 0.331 e. The Kier molecular flexibility index (Phi) is 4.83. The Hall–Kier alpha value is -1.62. The number of carbonyl (C=O) groups excluding carboxylic acids is 2. The van der Waals surface area contributed by atoms with Crippen molar-refractivity contribution in [1.29, 1.82) is 0 Å². The van der Waals surface area contributed by atoms with E-state index in [2.05, 4.69) is 4.98 Å². The van der Waals surface area contributed by atoms with Crippen molar-refractivity contribution in [1.82, 2.24) is 9.88 Å². The second kappa shape index (κ2) is 6.43. The van der Waals surface area contributed by atoms with E-state index >= 15 is 0 Å². The average molecular weight is 311 g/mol. The molecule has 0 bridgehead atoms. The zero-order valence-electron chi connectivity index (χ0n) is 12.3. The summed E-state index contributed by atoms with van der Waals surface area (Å²) in [6.45, 7) is 4.38. The maximum absolute atomic E-state index is 12.7. The van der Waals surface area contributed by atoms with Gasteiger partial charge in [-0.1, -0.05) is 11.6 Å². The quantitative estimate of drug-likeness (QED) is 0.636. The lowest BCUT2D eigenvalue weighted by Gasteiger charge is -2.42. The molecule has 1 amide bonds. The van der Waals surface area contributed by atoms with Gasteiger partial charge in [0.1, 0.15) is 10.7 Å². The summed E-state index contributed by atoms with van der Waals surface area (Å²) >= 11 is 5.74. The number of ether oxygens (including phenoxy) is 1. The van der Waals surface area contributed by atoms with Crippen molar-refractivity contribution < 1.29 is 14.3 Å². The maximum atomic E-state index is 12.7. The molecule has 2 rings (SSSR count). The number of nitrogens with zero attached hydrogens (tertiary/aromatic N) is 2. The number of aromatic nitrogens is 1. The van der Waals surface area contributed by atoms with Crippen LogP contribution in [-0.2, 0) is 9.53 Å². The Balaban J connectivity index is 2.27. The lowest BCUT2D eigenvalue weighted by molar-refractivity contribution is -0.157. The van der Waals surface area contributed by atoms with Crippen molar-refractivity contribution in [3.8, 4) is 0 Å². The number of piperidine rings is 1. The monoisotopic (exact) mass is 310 g/mol. The molecule has 0 spiro atoms.